The van der Waals surface area contributed by atoms with Crippen molar-refractivity contribution in [3.8, 4) is 11.8 Å². The molecule has 0 heterocycles. The lowest BCUT2D eigenvalue weighted by atomic mass is 10.3. The third kappa shape index (κ3) is 3.69. The average Bonchev–Trinajstić information content (AvgIpc) is 2.28. The van der Waals surface area contributed by atoms with Gasteiger partial charge in [0.15, 0.2) is 6.61 Å². The van der Waals surface area contributed by atoms with E-state index in [1.807, 2.05) is 6.07 Å². The highest BCUT2D eigenvalue weighted by Gasteiger charge is 1.98. The monoisotopic (exact) mass is 204 g/mol. The van der Waals surface area contributed by atoms with E-state index < -0.39 is 0 Å². The zero-order chi connectivity index (χ0) is 11.1. The number of rotatable bonds is 4. The lowest BCUT2D eigenvalue weighted by molar-refractivity contribution is -0.115. The number of benzene rings is 1. The molecule has 0 aliphatic rings. The average molecular weight is 204 g/mol. The zero-order valence-electron chi connectivity index (χ0n) is 8.49. The van der Waals surface area contributed by atoms with Gasteiger partial charge in [-0.15, -0.1) is 0 Å². The van der Waals surface area contributed by atoms with Gasteiger partial charge in [-0.1, -0.05) is 6.92 Å². The van der Waals surface area contributed by atoms with E-state index in [-0.39, 0.29) is 12.5 Å². The Labute approximate surface area is 88.5 Å². The van der Waals surface area contributed by atoms with Crippen molar-refractivity contribution in [2.24, 2.45) is 0 Å². The van der Waals surface area contributed by atoms with Crippen molar-refractivity contribution in [2.45, 2.75) is 13.3 Å². The largest absolute Gasteiger partial charge is 0.479 e. The number of hydrogen-bond acceptors (Lipinski definition) is 3. The molecule has 0 saturated carbocycles. The molecule has 0 aliphatic carbocycles. The summed E-state index contributed by atoms with van der Waals surface area (Å²) < 4.78 is 5.07. The van der Waals surface area contributed by atoms with Gasteiger partial charge < -0.3 is 10.1 Å². The van der Waals surface area contributed by atoms with Crippen LogP contribution in [0.2, 0.25) is 0 Å². The van der Waals surface area contributed by atoms with Gasteiger partial charge in [0.2, 0.25) is 5.91 Å². The van der Waals surface area contributed by atoms with Crippen molar-refractivity contribution in [3.05, 3.63) is 24.3 Å². The first kappa shape index (κ1) is 11.1. The molecule has 78 valence electrons. The van der Waals surface area contributed by atoms with Crippen LogP contribution in [-0.4, -0.2) is 12.5 Å². The van der Waals surface area contributed by atoms with Crippen LogP contribution >= 0.6 is 0 Å². The van der Waals surface area contributed by atoms with Crippen molar-refractivity contribution < 1.29 is 9.53 Å². The third-order valence-corrected chi connectivity index (χ3v) is 1.76. The van der Waals surface area contributed by atoms with Crippen LogP contribution in [0.1, 0.15) is 13.3 Å². The minimum Gasteiger partial charge on any atom is -0.479 e. The minimum atomic E-state index is -0.0271. The van der Waals surface area contributed by atoms with Crippen LogP contribution in [-0.2, 0) is 4.79 Å². The molecule has 0 aliphatic heterocycles. The number of ether oxygens (including phenoxy) is 1. The van der Waals surface area contributed by atoms with Gasteiger partial charge in [0.1, 0.15) is 11.8 Å². The summed E-state index contributed by atoms with van der Waals surface area (Å²) in [7, 11) is 0. The second kappa shape index (κ2) is 5.66. The van der Waals surface area contributed by atoms with Gasteiger partial charge >= 0.3 is 0 Å². The van der Waals surface area contributed by atoms with Gasteiger partial charge in [-0.25, -0.2) is 0 Å². The van der Waals surface area contributed by atoms with Gasteiger partial charge in [0.05, 0.1) is 0 Å². The van der Waals surface area contributed by atoms with E-state index in [0.29, 0.717) is 12.2 Å². The molecule has 0 unspecified atom stereocenters. The lowest BCUT2D eigenvalue weighted by Gasteiger charge is -2.05. The number of nitrogens with one attached hydrogen (secondary N) is 1. The first-order valence-corrected chi connectivity index (χ1v) is 4.66. The van der Waals surface area contributed by atoms with Crippen molar-refractivity contribution in [1.82, 2.24) is 0 Å². The highest BCUT2D eigenvalue weighted by atomic mass is 16.5. The number of nitriles is 1. The summed E-state index contributed by atoms with van der Waals surface area (Å²) in [6.07, 6.45) is 0.451. The summed E-state index contributed by atoms with van der Waals surface area (Å²) in [6.45, 7) is 1.82. The predicted octanol–water partition coefficient (Wildman–Crippen LogP) is 1.94. The molecule has 0 radical (unpaired) electrons. The van der Waals surface area contributed by atoms with Gasteiger partial charge in [0, 0.05) is 12.1 Å². The Morgan fingerprint density at radius 2 is 2.13 bits per heavy atom. The normalized spacial score (nSPS) is 9.07. The Balaban J connectivity index is 2.57. The second-order valence-electron chi connectivity index (χ2n) is 2.87. The molecule has 1 aromatic rings. The Bertz CT molecular complexity index is 365. The molecule has 15 heavy (non-hydrogen) atoms. The first-order chi connectivity index (χ1) is 7.26. The van der Waals surface area contributed by atoms with Gasteiger partial charge in [0.25, 0.3) is 0 Å². The summed E-state index contributed by atoms with van der Waals surface area (Å²) in [5.74, 6) is 0.590. The summed E-state index contributed by atoms with van der Waals surface area (Å²) in [6, 6.07) is 8.77. The van der Waals surface area contributed by atoms with Crippen molar-refractivity contribution in [1.29, 1.82) is 5.26 Å². The van der Waals surface area contributed by atoms with E-state index in [4.69, 9.17) is 10.00 Å². The standard InChI is InChI=1S/C11H12N2O2/c1-2-11(14)13-9-3-5-10(6-4-9)15-8-7-12/h3-6H,2,8H2,1H3,(H,13,14). The number of nitrogens with zero attached hydrogens (tertiary/aromatic N) is 1. The third-order valence-electron chi connectivity index (χ3n) is 1.76. The van der Waals surface area contributed by atoms with Gasteiger partial charge in [-0.2, -0.15) is 5.26 Å². The maximum absolute atomic E-state index is 11.1. The lowest BCUT2D eigenvalue weighted by Crippen LogP contribution is -2.09. The van der Waals surface area contributed by atoms with E-state index >= 15 is 0 Å². The highest BCUT2D eigenvalue weighted by Crippen LogP contribution is 2.15. The van der Waals surface area contributed by atoms with Crippen molar-refractivity contribution in [3.63, 3.8) is 0 Å². The minimum absolute atomic E-state index is 0.0271. The van der Waals surface area contributed by atoms with E-state index in [9.17, 15) is 4.79 Å². The molecular weight excluding hydrogens is 192 g/mol. The molecule has 1 N–H and O–H groups in total. The molecule has 1 aromatic carbocycles. The maximum atomic E-state index is 11.1. The van der Waals surface area contributed by atoms with Crippen LogP contribution in [0.5, 0.6) is 5.75 Å². The summed E-state index contributed by atoms with van der Waals surface area (Å²) in [5, 5.41) is 11.0. The van der Waals surface area contributed by atoms with E-state index in [1.165, 1.54) is 0 Å². The topological polar surface area (TPSA) is 62.1 Å². The molecule has 0 bridgehead atoms. The SMILES string of the molecule is CCC(=O)Nc1ccc(OCC#N)cc1. The van der Waals surface area contributed by atoms with Crippen LogP contribution in [0, 0.1) is 11.3 Å². The van der Waals surface area contributed by atoms with Gasteiger partial charge in [-0.3, -0.25) is 4.79 Å². The Morgan fingerprint density at radius 1 is 1.47 bits per heavy atom. The molecule has 0 fully saturated rings. The molecule has 1 amide bonds. The van der Waals surface area contributed by atoms with Crippen molar-refractivity contribution in [2.75, 3.05) is 11.9 Å². The summed E-state index contributed by atoms with van der Waals surface area (Å²) in [4.78, 5) is 11.1. The van der Waals surface area contributed by atoms with Crippen LogP contribution in [0.15, 0.2) is 24.3 Å². The van der Waals surface area contributed by atoms with Crippen LogP contribution in [0.25, 0.3) is 0 Å². The quantitative estimate of drug-likeness (QED) is 0.815. The van der Waals surface area contributed by atoms with E-state index in [1.54, 1.807) is 31.2 Å². The van der Waals surface area contributed by atoms with Crippen LogP contribution in [0.3, 0.4) is 0 Å². The highest BCUT2D eigenvalue weighted by molar-refractivity contribution is 5.90. The zero-order valence-corrected chi connectivity index (χ0v) is 8.49. The number of hydrogen-bond donors (Lipinski definition) is 1. The molecule has 1 rings (SSSR count). The van der Waals surface area contributed by atoms with Crippen molar-refractivity contribution >= 4 is 11.6 Å². The number of amides is 1. The van der Waals surface area contributed by atoms with Crippen LogP contribution < -0.4 is 10.1 Å². The Hall–Kier alpha value is -2.02. The fraction of sp³-hybridized carbons (Fsp3) is 0.273. The molecule has 4 heteroatoms. The van der Waals surface area contributed by atoms with Gasteiger partial charge in [-0.05, 0) is 24.3 Å². The Kier molecular flexibility index (Phi) is 4.17. The molecule has 0 saturated heterocycles. The second-order valence-corrected chi connectivity index (χ2v) is 2.87. The molecule has 0 spiro atoms. The van der Waals surface area contributed by atoms with E-state index in [2.05, 4.69) is 5.32 Å². The molecular formula is C11H12N2O2. The van der Waals surface area contributed by atoms with E-state index in [0.717, 1.165) is 5.69 Å². The van der Waals surface area contributed by atoms with Crippen LogP contribution in [0.4, 0.5) is 5.69 Å². The number of anilines is 1. The number of carbonyl (C=O) groups excluding carboxylic acids is 1. The Morgan fingerprint density at radius 3 is 2.67 bits per heavy atom. The first-order valence-electron chi connectivity index (χ1n) is 4.66. The maximum Gasteiger partial charge on any atom is 0.224 e. The molecule has 0 aromatic heterocycles. The number of carbonyl (C=O) groups is 1. The predicted molar refractivity (Wildman–Crippen MR) is 56.5 cm³/mol. The molecule has 4 nitrogen and oxygen atoms in total. The summed E-state index contributed by atoms with van der Waals surface area (Å²) >= 11 is 0. The fourth-order valence-electron chi connectivity index (χ4n) is 0.999. The molecule has 0 atom stereocenters. The smallest absolute Gasteiger partial charge is 0.224 e. The summed E-state index contributed by atoms with van der Waals surface area (Å²) in [5.41, 5.74) is 0.728. The fourth-order valence-corrected chi connectivity index (χ4v) is 0.999.